The molecule has 0 spiro atoms. The van der Waals surface area contributed by atoms with Crippen LogP contribution in [0.2, 0.25) is 0 Å². The topological polar surface area (TPSA) is 9.23 Å². The fraction of sp³-hybridized carbons (Fsp3) is 0.556. The van der Waals surface area contributed by atoms with Crippen LogP contribution in [-0.2, 0) is 0 Å². The van der Waals surface area contributed by atoms with Crippen LogP contribution < -0.4 is 4.74 Å². The Morgan fingerprint density at radius 2 is 1.84 bits per heavy atom. The van der Waals surface area contributed by atoms with E-state index < -0.39 is 0 Å². The Morgan fingerprint density at radius 1 is 1.16 bits per heavy atom. The van der Waals surface area contributed by atoms with E-state index in [1.165, 1.54) is 19.3 Å². The van der Waals surface area contributed by atoms with E-state index >= 15 is 0 Å². The molecule has 19 heavy (non-hydrogen) atoms. The third-order valence-corrected chi connectivity index (χ3v) is 5.61. The van der Waals surface area contributed by atoms with Crippen LogP contribution in [0.1, 0.15) is 45.6 Å². The van der Waals surface area contributed by atoms with Gasteiger partial charge in [0.05, 0.1) is 0 Å². The molecule has 3 atom stereocenters. The molecule has 1 aromatic rings. The van der Waals surface area contributed by atoms with Crippen molar-refractivity contribution < 1.29 is 4.74 Å². The van der Waals surface area contributed by atoms with Gasteiger partial charge < -0.3 is 4.74 Å². The minimum Gasteiger partial charge on any atom is -0.487 e. The van der Waals surface area contributed by atoms with E-state index in [0.717, 1.165) is 17.2 Å². The zero-order valence-electron chi connectivity index (χ0n) is 12.3. The van der Waals surface area contributed by atoms with Gasteiger partial charge >= 0.3 is 0 Å². The van der Waals surface area contributed by atoms with E-state index in [9.17, 15) is 0 Å². The van der Waals surface area contributed by atoms with E-state index in [-0.39, 0.29) is 5.60 Å². The molecule has 0 N–H and O–H groups in total. The molecule has 0 amide bonds. The summed E-state index contributed by atoms with van der Waals surface area (Å²) in [5.74, 6) is 2.51. The predicted octanol–water partition coefficient (Wildman–Crippen LogP) is 4.92. The van der Waals surface area contributed by atoms with Crippen molar-refractivity contribution in [1.82, 2.24) is 0 Å². The minimum absolute atomic E-state index is 0.0160. The summed E-state index contributed by atoms with van der Waals surface area (Å²) in [7, 11) is 0. The largest absolute Gasteiger partial charge is 0.487 e. The summed E-state index contributed by atoms with van der Waals surface area (Å²) in [5.41, 5.74) is 1.60. The highest BCUT2D eigenvalue weighted by Gasteiger charge is 2.60. The van der Waals surface area contributed by atoms with Gasteiger partial charge in [0, 0.05) is 5.92 Å². The monoisotopic (exact) mass is 256 g/mol. The maximum atomic E-state index is 6.40. The van der Waals surface area contributed by atoms with Crippen LogP contribution in [-0.4, -0.2) is 5.60 Å². The zero-order chi connectivity index (χ0) is 13.7. The fourth-order valence-corrected chi connectivity index (χ4v) is 4.54. The summed E-state index contributed by atoms with van der Waals surface area (Å²) >= 11 is 0. The fourth-order valence-electron chi connectivity index (χ4n) is 4.54. The quantitative estimate of drug-likeness (QED) is 0.745. The van der Waals surface area contributed by atoms with Gasteiger partial charge in [-0.15, -0.1) is 0 Å². The van der Waals surface area contributed by atoms with Crippen LogP contribution in [0.5, 0.6) is 5.75 Å². The van der Waals surface area contributed by atoms with E-state index in [1.807, 2.05) is 6.08 Å². The first-order valence-electron chi connectivity index (χ1n) is 7.37. The van der Waals surface area contributed by atoms with E-state index in [4.69, 9.17) is 4.74 Å². The van der Waals surface area contributed by atoms with Crippen LogP contribution in [0.25, 0.3) is 6.08 Å². The SMILES string of the molecule is C=Cc1ccc(OC2(C)CC3CCC2C3(C)C)cc1. The van der Waals surface area contributed by atoms with Crippen LogP contribution in [0, 0.1) is 17.3 Å². The average Bonchev–Trinajstić information content (AvgIpc) is 2.75. The van der Waals surface area contributed by atoms with Gasteiger partial charge in [-0.05, 0) is 55.2 Å². The second-order valence-corrected chi connectivity index (χ2v) is 7.04. The molecule has 2 saturated carbocycles. The van der Waals surface area contributed by atoms with E-state index in [1.54, 1.807) is 0 Å². The maximum Gasteiger partial charge on any atom is 0.120 e. The second kappa shape index (κ2) is 4.13. The number of ether oxygens (including phenoxy) is 1. The third kappa shape index (κ3) is 1.91. The molecule has 0 saturated heterocycles. The number of hydrogen-bond acceptors (Lipinski definition) is 1. The van der Waals surface area contributed by atoms with Crippen molar-refractivity contribution in [3.05, 3.63) is 36.4 Å². The maximum absolute atomic E-state index is 6.40. The Hall–Kier alpha value is -1.24. The summed E-state index contributed by atoms with van der Waals surface area (Å²) in [4.78, 5) is 0. The number of rotatable bonds is 3. The van der Waals surface area contributed by atoms with Crippen molar-refractivity contribution >= 4 is 6.08 Å². The van der Waals surface area contributed by atoms with Crippen molar-refractivity contribution in [3.8, 4) is 5.75 Å². The molecule has 2 aliphatic carbocycles. The highest BCUT2D eigenvalue weighted by Crippen LogP contribution is 2.62. The lowest BCUT2D eigenvalue weighted by Crippen LogP contribution is -2.40. The van der Waals surface area contributed by atoms with Gasteiger partial charge in [0.2, 0.25) is 0 Å². The molecule has 2 fully saturated rings. The van der Waals surface area contributed by atoms with Crippen molar-refractivity contribution in [1.29, 1.82) is 0 Å². The predicted molar refractivity (Wildman–Crippen MR) is 80.2 cm³/mol. The summed E-state index contributed by atoms with van der Waals surface area (Å²) in [6, 6.07) is 8.29. The van der Waals surface area contributed by atoms with Crippen molar-refractivity contribution in [2.24, 2.45) is 17.3 Å². The lowest BCUT2D eigenvalue weighted by Gasteiger charge is -2.36. The average molecular weight is 256 g/mol. The van der Waals surface area contributed by atoms with Crippen LogP contribution in [0.3, 0.4) is 0 Å². The van der Waals surface area contributed by atoms with E-state index in [0.29, 0.717) is 11.3 Å². The van der Waals surface area contributed by atoms with Gasteiger partial charge in [-0.1, -0.05) is 38.6 Å². The molecule has 102 valence electrons. The summed E-state index contributed by atoms with van der Waals surface area (Å²) < 4.78 is 6.40. The van der Waals surface area contributed by atoms with Crippen molar-refractivity contribution in [3.63, 3.8) is 0 Å². The standard InChI is InChI=1S/C18H24O/c1-5-13-6-9-15(10-7-13)19-18(4)12-14-8-11-16(18)17(14,2)3/h5-7,9-10,14,16H,1,8,11-12H2,2-4H3. The normalized spacial score (nSPS) is 35.3. The first-order valence-corrected chi connectivity index (χ1v) is 7.37. The third-order valence-electron chi connectivity index (χ3n) is 5.61. The zero-order valence-corrected chi connectivity index (χ0v) is 12.3. The van der Waals surface area contributed by atoms with Crippen LogP contribution in [0.15, 0.2) is 30.8 Å². The second-order valence-electron chi connectivity index (χ2n) is 7.04. The molecule has 0 aliphatic heterocycles. The summed E-state index contributed by atoms with van der Waals surface area (Å²) in [6.45, 7) is 10.9. The molecule has 3 unspecified atom stereocenters. The molecule has 2 aliphatic rings. The minimum atomic E-state index is 0.0160. The highest BCUT2D eigenvalue weighted by molar-refractivity contribution is 5.48. The number of hydrogen-bond donors (Lipinski definition) is 0. The molecule has 1 nitrogen and oxygen atoms in total. The molecule has 1 heteroatoms. The van der Waals surface area contributed by atoms with Gasteiger partial charge in [0.15, 0.2) is 0 Å². The summed E-state index contributed by atoms with van der Waals surface area (Å²) in [5, 5.41) is 0. The van der Waals surface area contributed by atoms with Crippen molar-refractivity contribution in [2.75, 3.05) is 0 Å². The first-order chi connectivity index (χ1) is 8.95. The van der Waals surface area contributed by atoms with Gasteiger partial charge in [0.1, 0.15) is 11.4 Å². The van der Waals surface area contributed by atoms with Crippen LogP contribution >= 0.6 is 0 Å². The van der Waals surface area contributed by atoms with Gasteiger partial charge in [-0.3, -0.25) is 0 Å². The van der Waals surface area contributed by atoms with Crippen molar-refractivity contribution in [2.45, 2.75) is 45.6 Å². The molecular weight excluding hydrogens is 232 g/mol. The highest BCUT2D eigenvalue weighted by atomic mass is 16.5. The Morgan fingerprint density at radius 3 is 2.32 bits per heavy atom. The molecule has 0 heterocycles. The molecule has 1 aromatic carbocycles. The number of fused-ring (bicyclic) bond motifs is 2. The lowest BCUT2D eigenvalue weighted by molar-refractivity contribution is 0.0169. The first kappa shape index (κ1) is 12.8. The van der Waals surface area contributed by atoms with Gasteiger partial charge in [-0.2, -0.15) is 0 Å². The molecule has 0 aromatic heterocycles. The number of benzene rings is 1. The Bertz CT molecular complexity index is 485. The summed E-state index contributed by atoms with van der Waals surface area (Å²) in [6.07, 6.45) is 5.77. The molecule has 3 rings (SSSR count). The van der Waals surface area contributed by atoms with Gasteiger partial charge in [-0.25, -0.2) is 0 Å². The Labute approximate surface area is 116 Å². The molecule has 0 radical (unpaired) electrons. The molecular formula is C18H24O. The van der Waals surface area contributed by atoms with Crippen LogP contribution in [0.4, 0.5) is 0 Å². The van der Waals surface area contributed by atoms with E-state index in [2.05, 4.69) is 51.6 Å². The van der Waals surface area contributed by atoms with Gasteiger partial charge in [0.25, 0.3) is 0 Å². The smallest absolute Gasteiger partial charge is 0.120 e. The Balaban J connectivity index is 1.81. The Kier molecular flexibility index (Phi) is 2.78. The lowest BCUT2D eigenvalue weighted by atomic mass is 9.79. The molecule has 2 bridgehead atoms.